The lowest BCUT2D eigenvalue weighted by Crippen LogP contribution is -2.29. The van der Waals surface area contributed by atoms with Gasteiger partial charge in [0.25, 0.3) is 6.43 Å². The highest BCUT2D eigenvalue weighted by Gasteiger charge is 2.27. The Labute approximate surface area is 158 Å². The van der Waals surface area contributed by atoms with E-state index in [4.69, 9.17) is 16.3 Å². The van der Waals surface area contributed by atoms with Gasteiger partial charge in [-0.1, -0.05) is 29.8 Å². The smallest absolute Gasteiger partial charge is 0.333 e. The number of ether oxygens (including phenoxy) is 1. The summed E-state index contributed by atoms with van der Waals surface area (Å²) in [6, 6.07) is 10.9. The zero-order valence-electron chi connectivity index (χ0n) is 14.0. The van der Waals surface area contributed by atoms with Gasteiger partial charge in [-0.15, -0.1) is 0 Å². The summed E-state index contributed by atoms with van der Waals surface area (Å²) in [7, 11) is 0. The van der Waals surface area contributed by atoms with Gasteiger partial charge < -0.3 is 14.6 Å². The Morgan fingerprint density at radius 1 is 1.26 bits per heavy atom. The van der Waals surface area contributed by atoms with Gasteiger partial charge in [0, 0.05) is 34.3 Å². The normalized spacial score (nSPS) is 13.9. The van der Waals surface area contributed by atoms with Crippen LogP contribution in [-0.4, -0.2) is 35.5 Å². The van der Waals surface area contributed by atoms with Crippen LogP contribution in [0.25, 0.3) is 22.0 Å². The van der Waals surface area contributed by atoms with Crippen molar-refractivity contribution in [2.24, 2.45) is 0 Å². The molecule has 2 aromatic heterocycles. The van der Waals surface area contributed by atoms with E-state index in [9.17, 15) is 13.6 Å². The highest BCUT2D eigenvalue weighted by atomic mass is 35.5. The van der Waals surface area contributed by atoms with Gasteiger partial charge in [0.1, 0.15) is 17.6 Å². The number of hydrogen-bond acceptors (Lipinski definition) is 4. The maximum absolute atomic E-state index is 13.3. The van der Waals surface area contributed by atoms with Crippen molar-refractivity contribution in [2.75, 3.05) is 18.1 Å². The molecule has 0 radical (unpaired) electrons. The lowest BCUT2D eigenvalue weighted by atomic mass is 10.1. The van der Waals surface area contributed by atoms with Crippen LogP contribution in [0.3, 0.4) is 0 Å². The third-order valence-corrected chi connectivity index (χ3v) is 4.51. The van der Waals surface area contributed by atoms with E-state index >= 15 is 0 Å². The zero-order chi connectivity index (χ0) is 19.0. The van der Waals surface area contributed by atoms with Crippen LogP contribution in [0.5, 0.6) is 0 Å². The summed E-state index contributed by atoms with van der Waals surface area (Å²) in [5.41, 5.74) is 2.57. The lowest BCUT2D eigenvalue weighted by Gasteiger charge is -2.24. The summed E-state index contributed by atoms with van der Waals surface area (Å²) < 4.78 is 31.6. The fourth-order valence-corrected chi connectivity index (χ4v) is 3.27. The third kappa shape index (κ3) is 3.38. The molecule has 0 saturated heterocycles. The van der Waals surface area contributed by atoms with Crippen LogP contribution in [-0.2, 0) is 9.53 Å². The number of halogens is 3. The molecule has 3 heterocycles. The number of aromatic amines is 1. The van der Waals surface area contributed by atoms with Crippen LogP contribution in [0, 0.1) is 0 Å². The van der Waals surface area contributed by atoms with Gasteiger partial charge in [0.2, 0.25) is 0 Å². The van der Waals surface area contributed by atoms with Gasteiger partial charge in [0.05, 0.1) is 12.2 Å². The second kappa shape index (κ2) is 7.00. The molecule has 1 aliphatic heterocycles. The first-order chi connectivity index (χ1) is 13.0. The molecule has 1 aromatic carbocycles. The van der Waals surface area contributed by atoms with Crippen molar-refractivity contribution < 1.29 is 18.3 Å². The molecule has 0 spiro atoms. The first-order valence-corrected chi connectivity index (χ1v) is 8.56. The number of alkyl halides is 2. The summed E-state index contributed by atoms with van der Waals surface area (Å²) in [5.74, 6) is -0.0970. The Kier molecular flexibility index (Phi) is 4.53. The number of para-hydroxylation sites is 1. The van der Waals surface area contributed by atoms with E-state index < -0.39 is 18.9 Å². The second-order valence-corrected chi connectivity index (χ2v) is 6.40. The first kappa shape index (κ1) is 17.5. The maximum atomic E-state index is 13.3. The highest BCUT2D eigenvalue weighted by Crippen LogP contribution is 2.39. The Morgan fingerprint density at radius 2 is 2.07 bits per heavy atom. The quantitative estimate of drug-likeness (QED) is 0.519. The number of benzene rings is 1. The van der Waals surface area contributed by atoms with Gasteiger partial charge in [-0.05, 0) is 18.2 Å². The summed E-state index contributed by atoms with van der Waals surface area (Å²) in [6.07, 6.45) is 0.217. The van der Waals surface area contributed by atoms with Crippen molar-refractivity contribution in [2.45, 2.75) is 6.43 Å². The Morgan fingerprint density at radius 3 is 2.74 bits per heavy atom. The standard InChI is InChI=1S/C19H14ClF2N3O2/c20-15-6-5-11(8-23-15)18-13-3-1-2-4-14(13)24-19(18)25(9-16(21)22)12-7-17(26)27-10-12/h1-8,16,24H,9-10H2. The van der Waals surface area contributed by atoms with Crippen molar-refractivity contribution in [3.8, 4) is 11.1 Å². The van der Waals surface area contributed by atoms with Crippen LogP contribution >= 0.6 is 11.6 Å². The monoisotopic (exact) mass is 389 g/mol. The van der Waals surface area contributed by atoms with Crippen molar-refractivity contribution in [1.82, 2.24) is 9.97 Å². The molecule has 0 bridgehead atoms. The number of nitrogens with zero attached hydrogens (tertiary/aromatic N) is 2. The van der Waals surface area contributed by atoms with Crippen molar-refractivity contribution in [3.05, 3.63) is 59.5 Å². The predicted molar refractivity (Wildman–Crippen MR) is 98.9 cm³/mol. The van der Waals surface area contributed by atoms with Crippen LogP contribution in [0.1, 0.15) is 0 Å². The number of H-pyrrole nitrogens is 1. The van der Waals surface area contributed by atoms with Crippen LogP contribution in [0.2, 0.25) is 5.15 Å². The third-order valence-electron chi connectivity index (χ3n) is 4.29. The summed E-state index contributed by atoms with van der Waals surface area (Å²) >= 11 is 5.89. The number of pyridine rings is 1. The number of cyclic esters (lactones) is 1. The number of fused-ring (bicyclic) bond motifs is 1. The molecule has 0 fully saturated rings. The topological polar surface area (TPSA) is 58.2 Å². The van der Waals surface area contributed by atoms with Gasteiger partial charge in [-0.3, -0.25) is 0 Å². The number of aromatic nitrogens is 2. The molecule has 0 saturated carbocycles. The number of rotatable bonds is 5. The molecule has 0 aliphatic carbocycles. The maximum Gasteiger partial charge on any atom is 0.333 e. The van der Waals surface area contributed by atoms with Crippen molar-refractivity contribution >= 4 is 34.3 Å². The number of hydrogen-bond donors (Lipinski definition) is 1. The summed E-state index contributed by atoms with van der Waals surface area (Å²) in [4.78, 5) is 20.2. The van der Waals surface area contributed by atoms with Gasteiger partial charge in [-0.25, -0.2) is 18.6 Å². The van der Waals surface area contributed by atoms with E-state index in [1.165, 1.54) is 11.0 Å². The second-order valence-electron chi connectivity index (χ2n) is 6.01. The molecule has 0 unspecified atom stereocenters. The minimum absolute atomic E-state index is 0.0563. The van der Waals surface area contributed by atoms with E-state index in [2.05, 4.69) is 9.97 Å². The molecule has 138 valence electrons. The molecule has 8 heteroatoms. The van der Waals surface area contributed by atoms with Crippen LogP contribution < -0.4 is 4.90 Å². The van der Waals surface area contributed by atoms with Crippen molar-refractivity contribution in [1.29, 1.82) is 0 Å². The average Bonchev–Trinajstić information content (AvgIpc) is 3.24. The summed E-state index contributed by atoms with van der Waals surface area (Å²) in [6.45, 7) is -0.636. The Hall–Kier alpha value is -2.93. The Balaban J connectivity index is 1.93. The fourth-order valence-electron chi connectivity index (χ4n) is 3.16. The molecule has 27 heavy (non-hydrogen) atoms. The molecule has 4 rings (SSSR count). The minimum atomic E-state index is -2.61. The Bertz CT molecular complexity index is 1030. The number of carbonyl (C=O) groups is 1. The zero-order valence-corrected chi connectivity index (χ0v) is 14.7. The summed E-state index contributed by atoms with van der Waals surface area (Å²) in [5, 5.41) is 1.18. The fraction of sp³-hybridized carbons (Fsp3) is 0.158. The van der Waals surface area contributed by atoms with Gasteiger partial charge >= 0.3 is 5.97 Å². The molecular weight excluding hydrogens is 376 g/mol. The van der Waals surface area contributed by atoms with E-state index in [-0.39, 0.29) is 6.61 Å². The largest absolute Gasteiger partial charge is 0.456 e. The lowest BCUT2D eigenvalue weighted by molar-refractivity contribution is -0.134. The minimum Gasteiger partial charge on any atom is -0.456 e. The number of nitrogens with one attached hydrogen (secondary N) is 1. The van der Waals surface area contributed by atoms with E-state index in [0.29, 0.717) is 22.2 Å². The van der Waals surface area contributed by atoms with Gasteiger partial charge in [-0.2, -0.15) is 0 Å². The molecular formula is C19H14ClF2N3O2. The molecule has 0 atom stereocenters. The SMILES string of the molecule is O=C1C=C(N(CC(F)F)c2[nH]c3ccccc3c2-c2ccc(Cl)nc2)CO1. The van der Waals surface area contributed by atoms with E-state index in [1.54, 1.807) is 18.3 Å². The van der Waals surface area contributed by atoms with E-state index in [1.807, 2.05) is 24.3 Å². The molecule has 1 N–H and O–H groups in total. The molecule has 5 nitrogen and oxygen atoms in total. The highest BCUT2D eigenvalue weighted by molar-refractivity contribution is 6.29. The number of esters is 1. The number of carbonyl (C=O) groups excluding carboxylic acids is 1. The van der Waals surface area contributed by atoms with Crippen molar-refractivity contribution in [3.63, 3.8) is 0 Å². The van der Waals surface area contributed by atoms with Gasteiger partial charge in [0.15, 0.2) is 0 Å². The number of anilines is 1. The predicted octanol–water partition coefficient (Wildman–Crippen LogP) is 4.40. The first-order valence-electron chi connectivity index (χ1n) is 8.18. The van der Waals surface area contributed by atoms with Crippen LogP contribution in [0.4, 0.5) is 14.6 Å². The molecule has 0 amide bonds. The average molecular weight is 390 g/mol. The molecule has 1 aliphatic rings. The van der Waals surface area contributed by atoms with E-state index in [0.717, 1.165) is 16.5 Å². The van der Waals surface area contributed by atoms with Crippen LogP contribution in [0.15, 0.2) is 54.4 Å². The molecule has 3 aromatic rings.